The van der Waals surface area contributed by atoms with Crippen LogP contribution in [0.5, 0.6) is 0 Å². The van der Waals surface area contributed by atoms with Crippen LogP contribution in [0, 0.1) is 6.92 Å². The molecule has 2 aromatic heterocycles. The zero-order chi connectivity index (χ0) is 16.2. The third-order valence-electron chi connectivity index (χ3n) is 4.12. The summed E-state index contributed by atoms with van der Waals surface area (Å²) in [6, 6.07) is 2.06. The van der Waals surface area contributed by atoms with Gasteiger partial charge in [0, 0.05) is 4.88 Å². The number of aryl methyl sites for hydroxylation is 3. The molecule has 3 rings (SSSR count). The van der Waals surface area contributed by atoms with Crippen molar-refractivity contribution in [2.24, 2.45) is 5.10 Å². The van der Waals surface area contributed by atoms with Gasteiger partial charge in [-0.25, -0.2) is 10.4 Å². The molecule has 4 nitrogen and oxygen atoms in total. The van der Waals surface area contributed by atoms with Crippen LogP contribution < -0.4 is 5.43 Å². The van der Waals surface area contributed by atoms with Crippen molar-refractivity contribution >= 4 is 34.3 Å². The summed E-state index contributed by atoms with van der Waals surface area (Å²) in [5.74, 6) is -0.108. The predicted molar refractivity (Wildman–Crippen MR) is 96.7 cm³/mol. The quantitative estimate of drug-likeness (QED) is 0.664. The predicted octanol–water partition coefficient (Wildman–Crippen LogP) is 4.33. The van der Waals surface area contributed by atoms with E-state index in [1.165, 1.54) is 36.1 Å². The van der Waals surface area contributed by atoms with E-state index in [2.05, 4.69) is 21.6 Å². The van der Waals surface area contributed by atoms with Crippen LogP contribution in [0.25, 0.3) is 0 Å². The van der Waals surface area contributed by atoms with Crippen molar-refractivity contribution in [3.05, 3.63) is 37.5 Å². The maximum absolute atomic E-state index is 12.4. The summed E-state index contributed by atoms with van der Waals surface area (Å²) in [4.78, 5) is 19.8. The summed E-state index contributed by atoms with van der Waals surface area (Å²) in [5.41, 5.74) is 7.60. The second-order valence-electron chi connectivity index (χ2n) is 5.88. The Labute approximate surface area is 144 Å². The first-order valence-electron chi connectivity index (χ1n) is 8.02. The Morgan fingerprint density at radius 2 is 2.04 bits per heavy atom. The Morgan fingerprint density at radius 3 is 2.78 bits per heavy atom. The lowest BCUT2D eigenvalue weighted by molar-refractivity contribution is 0.0959. The fourth-order valence-corrected chi connectivity index (χ4v) is 4.74. The molecule has 0 atom stereocenters. The molecule has 1 aliphatic carbocycles. The van der Waals surface area contributed by atoms with E-state index in [0.29, 0.717) is 0 Å². The third-order valence-corrected chi connectivity index (χ3v) is 6.39. The van der Waals surface area contributed by atoms with E-state index in [1.54, 1.807) is 28.2 Å². The van der Waals surface area contributed by atoms with Crippen molar-refractivity contribution in [2.45, 2.75) is 52.4 Å². The highest BCUT2D eigenvalue weighted by Crippen LogP contribution is 2.28. The molecule has 1 N–H and O–H groups in total. The molecule has 0 radical (unpaired) electrons. The first-order chi connectivity index (χ1) is 11.1. The van der Waals surface area contributed by atoms with Crippen LogP contribution in [0.1, 0.15) is 63.3 Å². The highest BCUT2D eigenvalue weighted by Gasteiger charge is 2.16. The SMILES string of the molecule is C/C(=N\NC(=O)c1cc2c(s1)CCCCCC2)c1scnc1C. The van der Waals surface area contributed by atoms with Crippen LogP contribution in [0.3, 0.4) is 0 Å². The van der Waals surface area contributed by atoms with Gasteiger partial charge in [0.1, 0.15) is 0 Å². The molecule has 1 amide bonds. The zero-order valence-corrected chi connectivity index (χ0v) is 15.1. The van der Waals surface area contributed by atoms with E-state index < -0.39 is 0 Å². The number of nitrogens with zero attached hydrogens (tertiary/aromatic N) is 2. The first-order valence-corrected chi connectivity index (χ1v) is 9.71. The Morgan fingerprint density at radius 1 is 1.26 bits per heavy atom. The number of nitrogens with one attached hydrogen (secondary N) is 1. The van der Waals surface area contributed by atoms with Crippen molar-refractivity contribution in [2.75, 3.05) is 0 Å². The van der Waals surface area contributed by atoms with Gasteiger partial charge in [-0.15, -0.1) is 22.7 Å². The lowest BCUT2D eigenvalue weighted by Gasteiger charge is -2.07. The minimum atomic E-state index is -0.108. The Bertz CT molecular complexity index is 705. The Hall–Kier alpha value is -1.53. The molecule has 0 unspecified atom stereocenters. The van der Waals surface area contributed by atoms with Gasteiger partial charge < -0.3 is 0 Å². The highest BCUT2D eigenvalue weighted by molar-refractivity contribution is 7.14. The van der Waals surface area contributed by atoms with Crippen LogP contribution >= 0.6 is 22.7 Å². The van der Waals surface area contributed by atoms with Gasteiger partial charge in [0.05, 0.1) is 26.7 Å². The van der Waals surface area contributed by atoms with Crippen molar-refractivity contribution in [1.29, 1.82) is 0 Å². The van der Waals surface area contributed by atoms with Crippen LogP contribution in [0.15, 0.2) is 16.7 Å². The summed E-state index contributed by atoms with van der Waals surface area (Å²) >= 11 is 3.17. The number of carbonyl (C=O) groups is 1. The molecule has 0 aliphatic heterocycles. The van der Waals surface area contributed by atoms with E-state index >= 15 is 0 Å². The summed E-state index contributed by atoms with van der Waals surface area (Å²) < 4.78 is 0. The monoisotopic (exact) mass is 347 g/mol. The van der Waals surface area contributed by atoms with Gasteiger partial charge in [0.25, 0.3) is 5.91 Å². The standard InChI is InChI=1S/C17H21N3OS2/c1-11-16(22-10-18-11)12(2)19-20-17(21)15-9-13-7-5-3-4-6-8-14(13)23-15/h9-10H,3-8H2,1-2H3,(H,20,21)/b19-12+. The zero-order valence-electron chi connectivity index (χ0n) is 13.5. The Kier molecular flexibility index (Phi) is 5.23. The summed E-state index contributed by atoms with van der Waals surface area (Å²) in [6.45, 7) is 3.85. The molecule has 0 spiro atoms. The fraction of sp³-hybridized carbons (Fsp3) is 0.471. The van der Waals surface area contributed by atoms with E-state index in [9.17, 15) is 4.79 Å². The van der Waals surface area contributed by atoms with Gasteiger partial charge in [-0.3, -0.25) is 4.79 Å². The summed E-state index contributed by atoms with van der Waals surface area (Å²) in [5, 5.41) is 4.24. The molecule has 0 saturated heterocycles. The fourth-order valence-electron chi connectivity index (χ4n) is 2.85. The molecule has 2 heterocycles. The number of rotatable bonds is 3. The lowest BCUT2D eigenvalue weighted by Crippen LogP contribution is -2.18. The third kappa shape index (κ3) is 3.87. The van der Waals surface area contributed by atoms with Crippen LogP contribution in [0.2, 0.25) is 0 Å². The summed E-state index contributed by atoms with van der Waals surface area (Å²) in [7, 11) is 0. The van der Waals surface area contributed by atoms with Crippen LogP contribution in [0.4, 0.5) is 0 Å². The number of hydrogen-bond acceptors (Lipinski definition) is 5. The lowest BCUT2D eigenvalue weighted by atomic mass is 10.00. The average molecular weight is 348 g/mol. The van der Waals surface area contributed by atoms with Gasteiger partial charge in [0.15, 0.2) is 0 Å². The molecule has 6 heteroatoms. The van der Waals surface area contributed by atoms with Gasteiger partial charge in [0.2, 0.25) is 0 Å². The molecule has 1 aliphatic rings. The molecule has 122 valence electrons. The molecule has 0 bridgehead atoms. The number of aromatic nitrogens is 1. The number of hydrogen-bond donors (Lipinski definition) is 1. The van der Waals surface area contributed by atoms with E-state index in [-0.39, 0.29) is 5.91 Å². The van der Waals surface area contributed by atoms with E-state index in [1.807, 2.05) is 13.8 Å². The highest BCUT2D eigenvalue weighted by atomic mass is 32.1. The number of thiazole rings is 1. The normalized spacial score (nSPS) is 15.7. The van der Waals surface area contributed by atoms with Crippen molar-refractivity contribution in [3.63, 3.8) is 0 Å². The number of thiophene rings is 1. The van der Waals surface area contributed by atoms with Gasteiger partial charge in [-0.1, -0.05) is 12.8 Å². The molecule has 23 heavy (non-hydrogen) atoms. The maximum atomic E-state index is 12.4. The summed E-state index contributed by atoms with van der Waals surface area (Å²) in [6.07, 6.45) is 7.27. The van der Waals surface area contributed by atoms with Crippen LogP contribution in [-0.4, -0.2) is 16.6 Å². The Balaban J connectivity index is 1.71. The van der Waals surface area contributed by atoms with Gasteiger partial charge >= 0.3 is 0 Å². The average Bonchev–Trinajstić information content (AvgIpc) is 3.11. The van der Waals surface area contributed by atoms with Gasteiger partial charge in [-0.2, -0.15) is 5.10 Å². The van der Waals surface area contributed by atoms with Crippen molar-refractivity contribution in [1.82, 2.24) is 10.4 Å². The minimum Gasteiger partial charge on any atom is -0.266 e. The minimum absolute atomic E-state index is 0.108. The molecule has 0 fully saturated rings. The second-order valence-corrected chi connectivity index (χ2v) is 7.87. The largest absolute Gasteiger partial charge is 0.281 e. The molecular formula is C17H21N3OS2. The smallest absolute Gasteiger partial charge is 0.266 e. The van der Waals surface area contributed by atoms with Gasteiger partial charge in [-0.05, 0) is 51.2 Å². The molecule has 2 aromatic rings. The maximum Gasteiger partial charge on any atom is 0.281 e. The molecule has 0 aromatic carbocycles. The first kappa shape index (κ1) is 16.3. The van der Waals surface area contributed by atoms with E-state index in [4.69, 9.17) is 0 Å². The number of hydrazone groups is 1. The van der Waals surface area contributed by atoms with Crippen LogP contribution in [-0.2, 0) is 12.8 Å². The molecule has 0 saturated carbocycles. The second kappa shape index (κ2) is 7.36. The number of carbonyl (C=O) groups excluding carboxylic acids is 1. The molecular weight excluding hydrogens is 326 g/mol. The van der Waals surface area contributed by atoms with Crippen molar-refractivity contribution < 1.29 is 4.79 Å². The number of amides is 1. The number of fused-ring (bicyclic) bond motifs is 1. The topological polar surface area (TPSA) is 54.4 Å². The van der Waals surface area contributed by atoms with Crippen molar-refractivity contribution in [3.8, 4) is 0 Å². The van der Waals surface area contributed by atoms with E-state index in [0.717, 1.165) is 34.0 Å².